The van der Waals surface area contributed by atoms with E-state index in [9.17, 15) is 9.90 Å². The first-order chi connectivity index (χ1) is 11.6. The molecule has 24 heavy (non-hydrogen) atoms. The van der Waals surface area contributed by atoms with E-state index in [4.69, 9.17) is 0 Å². The first kappa shape index (κ1) is 15.9. The summed E-state index contributed by atoms with van der Waals surface area (Å²) in [4.78, 5) is 14.2. The molecule has 3 aliphatic rings. The van der Waals surface area contributed by atoms with E-state index in [1.807, 2.05) is 6.92 Å². The zero-order chi connectivity index (χ0) is 16.7. The van der Waals surface area contributed by atoms with Crippen molar-refractivity contribution >= 4 is 6.03 Å². The minimum atomic E-state index is -0.387. The fourth-order valence-corrected chi connectivity index (χ4v) is 4.79. The van der Waals surface area contributed by atoms with Crippen molar-refractivity contribution in [2.24, 2.45) is 11.8 Å². The van der Waals surface area contributed by atoms with Crippen LogP contribution in [0.15, 0.2) is 24.3 Å². The van der Waals surface area contributed by atoms with Crippen LogP contribution < -0.4 is 5.32 Å². The normalized spacial score (nSPS) is 34.8. The number of benzene rings is 1. The molecule has 1 saturated heterocycles. The Kier molecular flexibility index (Phi) is 4.03. The van der Waals surface area contributed by atoms with E-state index in [-0.39, 0.29) is 12.1 Å². The lowest BCUT2D eigenvalue weighted by Crippen LogP contribution is -2.50. The lowest BCUT2D eigenvalue weighted by molar-refractivity contribution is 0.0435. The first-order valence-electron chi connectivity index (χ1n) is 9.39. The van der Waals surface area contributed by atoms with Gasteiger partial charge in [0.25, 0.3) is 0 Å². The smallest absolute Gasteiger partial charge is 0.317 e. The average Bonchev–Trinajstić information content (AvgIpc) is 3.29. The number of rotatable bonds is 2. The quantitative estimate of drug-likeness (QED) is 0.877. The molecule has 4 nitrogen and oxygen atoms in total. The average molecular weight is 328 g/mol. The zero-order valence-corrected chi connectivity index (χ0v) is 14.5. The maximum absolute atomic E-state index is 12.4. The summed E-state index contributed by atoms with van der Waals surface area (Å²) in [7, 11) is 0. The summed E-state index contributed by atoms with van der Waals surface area (Å²) in [5.74, 6) is 0.857. The minimum Gasteiger partial charge on any atom is -0.391 e. The van der Waals surface area contributed by atoms with Gasteiger partial charge in [-0.15, -0.1) is 0 Å². The van der Waals surface area contributed by atoms with Gasteiger partial charge in [-0.25, -0.2) is 4.79 Å². The number of likely N-dealkylation sites (tertiary alicyclic amines) is 1. The van der Waals surface area contributed by atoms with Gasteiger partial charge >= 0.3 is 6.03 Å². The topological polar surface area (TPSA) is 52.6 Å². The van der Waals surface area contributed by atoms with Crippen LogP contribution in [0.3, 0.4) is 0 Å². The Morgan fingerprint density at radius 2 is 2.25 bits per heavy atom. The number of carbonyl (C=O) groups is 1. The number of piperidine rings is 1. The number of fused-ring (bicyclic) bond motifs is 2. The van der Waals surface area contributed by atoms with Gasteiger partial charge in [0.1, 0.15) is 0 Å². The monoisotopic (exact) mass is 328 g/mol. The van der Waals surface area contributed by atoms with E-state index < -0.39 is 0 Å². The molecule has 1 aromatic rings. The van der Waals surface area contributed by atoms with Gasteiger partial charge in [0.2, 0.25) is 0 Å². The molecule has 2 N–H and O–H groups in total. The van der Waals surface area contributed by atoms with E-state index in [0.717, 1.165) is 19.5 Å². The van der Waals surface area contributed by atoms with Crippen molar-refractivity contribution in [1.29, 1.82) is 0 Å². The fraction of sp³-hybridized carbons (Fsp3) is 0.650. The largest absolute Gasteiger partial charge is 0.391 e. The van der Waals surface area contributed by atoms with Crippen molar-refractivity contribution in [2.75, 3.05) is 19.6 Å². The second-order valence-corrected chi connectivity index (χ2v) is 8.03. The number of hydrogen-bond acceptors (Lipinski definition) is 2. The molecular formula is C20H28N2O2. The van der Waals surface area contributed by atoms with Gasteiger partial charge in [-0.3, -0.25) is 0 Å². The van der Waals surface area contributed by atoms with Gasteiger partial charge in [-0.05, 0) is 55.1 Å². The Morgan fingerprint density at radius 3 is 3.08 bits per heavy atom. The molecule has 4 rings (SSSR count). The third-order valence-electron chi connectivity index (χ3n) is 6.56. The van der Waals surface area contributed by atoms with Crippen LogP contribution in [0, 0.1) is 11.8 Å². The zero-order valence-electron chi connectivity index (χ0n) is 14.5. The highest BCUT2D eigenvalue weighted by Gasteiger charge is 2.56. The van der Waals surface area contributed by atoms with Gasteiger partial charge in [0, 0.05) is 25.0 Å². The van der Waals surface area contributed by atoms with Gasteiger partial charge in [0.05, 0.1) is 6.10 Å². The van der Waals surface area contributed by atoms with Gasteiger partial charge in [0.15, 0.2) is 0 Å². The maximum atomic E-state index is 12.4. The maximum Gasteiger partial charge on any atom is 0.317 e. The number of nitrogens with one attached hydrogen (secondary N) is 1. The number of urea groups is 1. The van der Waals surface area contributed by atoms with Crippen LogP contribution in [0.2, 0.25) is 0 Å². The Hall–Kier alpha value is -1.55. The molecule has 1 spiro atoms. The third kappa shape index (κ3) is 2.71. The Balaban J connectivity index is 1.35. The number of amides is 2. The number of aliphatic hydroxyl groups excluding tert-OH is 1. The van der Waals surface area contributed by atoms with Gasteiger partial charge < -0.3 is 15.3 Å². The molecule has 2 amide bonds. The van der Waals surface area contributed by atoms with E-state index in [2.05, 4.69) is 29.6 Å². The lowest BCUT2D eigenvalue weighted by Gasteiger charge is -2.34. The third-order valence-corrected chi connectivity index (χ3v) is 6.56. The first-order valence-corrected chi connectivity index (χ1v) is 9.39. The second kappa shape index (κ2) is 6.07. The van der Waals surface area contributed by atoms with Crippen molar-refractivity contribution in [3.8, 4) is 0 Å². The van der Waals surface area contributed by atoms with E-state index in [0.29, 0.717) is 23.8 Å². The highest BCUT2D eigenvalue weighted by atomic mass is 16.3. The molecule has 4 unspecified atom stereocenters. The number of aryl methyl sites for hydroxylation is 1. The standard InChI is InChI=1S/C20H28N2O2/c1-14-8-10-22(13-18(14)23)19(24)21-12-16-11-20(16)9-4-6-15-5-2-3-7-17(15)20/h2-3,5,7,14,16,18,23H,4,6,8-13H2,1H3,(H,21,24). The highest BCUT2D eigenvalue weighted by molar-refractivity contribution is 5.74. The Morgan fingerprint density at radius 1 is 1.42 bits per heavy atom. The van der Waals surface area contributed by atoms with Crippen LogP contribution in [0.25, 0.3) is 0 Å². The van der Waals surface area contributed by atoms with Crippen molar-refractivity contribution in [2.45, 2.75) is 50.5 Å². The molecule has 0 bridgehead atoms. The molecule has 1 aromatic carbocycles. The number of nitrogens with zero attached hydrogens (tertiary/aromatic N) is 1. The fourth-order valence-electron chi connectivity index (χ4n) is 4.79. The van der Waals surface area contributed by atoms with Gasteiger partial charge in [-0.1, -0.05) is 31.2 Å². The van der Waals surface area contributed by atoms with E-state index in [1.165, 1.54) is 36.8 Å². The van der Waals surface area contributed by atoms with Crippen molar-refractivity contribution in [3.63, 3.8) is 0 Å². The second-order valence-electron chi connectivity index (χ2n) is 8.03. The molecular weight excluding hydrogens is 300 g/mol. The summed E-state index contributed by atoms with van der Waals surface area (Å²) in [6.07, 6.45) is 5.41. The van der Waals surface area contributed by atoms with Crippen LogP contribution >= 0.6 is 0 Å². The molecule has 0 aromatic heterocycles. The minimum absolute atomic E-state index is 0.00732. The summed E-state index contributed by atoms with van der Waals surface area (Å²) in [5.41, 5.74) is 3.35. The van der Waals surface area contributed by atoms with Crippen molar-refractivity contribution < 1.29 is 9.90 Å². The number of hydrogen-bond donors (Lipinski definition) is 2. The Bertz CT molecular complexity index is 632. The Labute approximate surface area is 144 Å². The van der Waals surface area contributed by atoms with Crippen molar-refractivity contribution in [3.05, 3.63) is 35.4 Å². The number of aliphatic hydroxyl groups is 1. The summed E-state index contributed by atoms with van der Waals surface area (Å²) >= 11 is 0. The van der Waals surface area contributed by atoms with Crippen molar-refractivity contribution in [1.82, 2.24) is 10.2 Å². The van der Waals surface area contributed by atoms with Crippen LogP contribution in [-0.2, 0) is 11.8 Å². The molecule has 1 heterocycles. The molecule has 2 fully saturated rings. The van der Waals surface area contributed by atoms with E-state index >= 15 is 0 Å². The number of carbonyl (C=O) groups excluding carboxylic acids is 1. The molecule has 130 valence electrons. The van der Waals surface area contributed by atoms with Crippen LogP contribution in [0.5, 0.6) is 0 Å². The van der Waals surface area contributed by atoms with Gasteiger partial charge in [-0.2, -0.15) is 0 Å². The molecule has 4 heteroatoms. The molecule has 2 aliphatic carbocycles. The summed E-state index contributed by atoms with van der Waals surface area (Å²) in [6, 6.07) is 8.83. The highest BCUT2D eigenvalue weighted by Crippen LogP contribution is 2.59. The van der Waals surface area contributed by atoms with Crippen LogP contribution in [-0.4, -0.2) is 41.8 Å². The molecule has 4 atom stereocenters. The van der Waals surface area contributed by atoms with Crippen LogP contribution in [0.1, 0.15) is 43.7 Å². The summed E-state index contributed by atoms with van der Waals surface area (Å²) in [6.45, 7) is 4.03. The summed E-state index contributed by atoms with van der Waals surface area (Å²) in [5, 5.41) is 13.1. The number of β-amino-alcohol motifs (C(OH)–C–C–N with tert-alkyl or cyclic N) is 1. The molecule has 1 aliphatic heterocycles. The predicted molar refractivity (Wildman–Crippen MR) is 93.9 cm³/mol. The van der Waals surface area contributed by atoms with E-state index in [1.54, 1.807) is 4.90 Å². The van der Waals surface area contributed by atoms with Crippen LogP contribution in [0.4, 0.5) is 4.79 Å². The SMILES string of the molecule is CC1CCN(C(=O)NCC2CC23CCCc2ccccc23)CC1O. The molecule has 0 radical (unpaired) electrons. The summed E-state index contributed by atoms with van der Waals surface area (Å²) < 4.78 is 0. The predicted octanol–water partition coefficient (Wildman–Crippen LogP) is 2.69. The lowest BCUT2D eigenvalue weighted by atomic mass is 9.78. The molecule has 1 saturated carbocycles.